The van der Waals surface area contributed by atoms with Crippen LogP contribution in [0, 0.1) is 0 Å². The quantitative estimate of drug-likeness (QED) is 0.619. The van der Waals surface area contributed by atoms with Crippen molar-refractivity contribution in [1.82, 2.24) is 14.3 Å². The lowest BCUT2D eigenvalue weighted by atomic mass is 10.1. The lowest BCUT2D eigenvalue weighted by molar-refractivity contribution is 0.102. The number of benzene rings is 2. The Hall–Kier alpha value is -3.41. The number of nitrogens with one attached hydrogen (secondary N) is 1. The zero-order valence-electron chi connectivity index (χ0n) is 14.6. The minimum absolute atomic E-state index is 0.197. The maximum absolute atomic E-state index is 12.4. The second kappa shape index (κ2) is 6.15. The lowest BCUT2D eigenvalue weighted by Crippen LogP contribution is -2.23. The van der Waals surface area contributed by atoms with Gasteiger partial charge in [-0.25, -0.2) is 4.68 Å². The van der Waals surface area contributed by atoms with Crippen molar-refractivity contribution >= 4 is 33.4 Å². The van der Waals surface area contributed by atoms with Gasteiger partial charge in [0.1, 0.15) is 5.69 Å². The predicted molar refractivity (Wildman–Crippen MR) is 103 cm³/mol. The minimum Gasteiger partial charge on any atom is -0.341 e. The largest absolute Gasteiger partial charge is 0.341 e. The second-order valence-electron chi connectivity index (χ2n) is 6.13. The SMILES string of the molecule is CCn1c2ccccc2c2cc(NC(=O)c3ccc(=O)n(C)n3)ccc21. The van der Waals surface area contributed by atoms with Gasteiger partial charge in [0.2, 0.25) is 0 Å². The molecule has 6 heteroatoms. The third-order valence-corrected chi connectivity index (χ3v) is 4.54. The molecule has 0 unspecified atom stereocenters. The summed E-state index contributed by atoms with van der Waals surface area (Å²) in [5, 5.41) is 9.09. The first-order valence-electron chi connectivity index (χ1n) is 8.45. The van der Waals surface area contributed by atoms with Crippen molar-refractivity contribution < 1.29 is 4.79 Å². The average Bonchev–Trinajstić information content (AvgIpc) is 2.97. The standard InChI is InChI=1S/C20H18N4O2/c1-3-24-17-7-5-4-6-14(17)15-12-13(8-10-18(15)24)21-20(26)16-9-11-19(25)23(2)22-16/h4-12H,3H2,1-2H3,(H,21,26). The number of para-hydroxylation sites is 1. The van der Waals surface area contributed by atoms with E-state index in [1.807, 2.05) is 30.3 Å². The van der Waals surface area contributed by atoms with Gasteiger partial charge in [0.05, 0.1) is 0 Å². The van der Waals surface area contributed by atoms with E-state index in [4.69, 9.17) is 0 Å². The van der Waals surface area contributed by atoms with E-state index in [9.17, 15) is 9.59 Å². The van der Waals surface area contributed by atoms with Gasteiger partial charge in [0.15, 0.2) is 0 Å². The molecule has 0 spiro atoms. The molecule has 0 aliphatic rings. The normalized spacial score (nSPS) is 11.2. The van der Waals surface area contributed by atoms with E-state index in [0.29, 0.717) is 5.69 Å². The number of hydrogen-bond acceptors (Lipinski definition) is 3. The number of fused-ring (bicyclic) bond motifs is 3. The van der Waals surface area contributed by atoms with E-state index in [2.05, 4.69) is 34.0 Å². The van der Waals surface area contributed by atoms with Crippen LogP contribution in [0.2, 0.25) is 0 Å². The molecule has 6 nitrogen and oxygen atoms in total. The van der Waals surface area contributed by atoms with Crippen LogP contribution in [-0.4, -0.2) is 20.3 Å². The molecule has 0 bridgehead atoms. The highest BCUT2D eigenvalue weighted by atomic mass is 16.2. The van der Waals surface area contributed by atoms with Gasteiger partial charge in [-0.1, -0.05) is 18.2 Å². The van der Waals surface area contributed by atoms with Crippen LogP contribution in [0.1, 0.15) is 17.4 Å². The molecule has 2 heterocycles. The third-order valence-electron chi connectivity index (χ3n) is 4.54. The van der Waals surface area contributed by atoms with E-state index >= 15 is 0 Å². The molecule has 130 valence electrons. The fourth-order valence-corrected chi connectivity index (χ4v) is 3.29. The molecule has 0 radical (unpaired) electrons. The number of rotatable bonds is 3. The van der Waals surface area contributed by atoms with Crippen molar-refractivity contribution in [3.8, 4) is 0 Å². The highest BCUT2D eigenvalue weighted by Crippen LogP contribution is 2.31. The number of carbonyl (C=O) groups is 1. The molecule has 1 amide bonds. The van der Waals surface area contributed by atoms with Crippen LogP contribution in [0.4, 0.5) is 5.69 Å². The Labute approximate surface area is 149 Å². The molecule has 0 fully saturated rings. The highest BCUT2D eigenvalue weighted by molar-refractivity contribution is 6.10. The van der Waals surface area contributed by atoms with Crippen molar-refractivity contribution in [3.63, 3.8) is 0 Å². The van der Waals surface area contributed by atoms with E-state index < -0.39 is 0 Å². The molecule has 0 atom stereocenters. The van der Waals surface area contributed by atoms with Gasteiger partial charge >= 0.3 is 0 Å². The number of carbonyl (C=O) groups excluding carboxylic acids is 1. The number of amides is 1. The third kappa shape index (κ3) is 2.56. The van der Waals surface area contributed by atoms with Gasteiger partial charge in [-0.2, -0.15) is 5.10 Å². The number of aromatic nitrogens is 3. The Bertz CT molecular complexity index is 1200. The highest BCUT2D eigenvalue weighted by Gasteiger charge is 2.12. The lowest BCUT2D eigenvalue weighted by Gasteiger charge is -2.07. The Morgan fingerprint density at radius 1 is 1.04 bits per heavy atom. The molecule has 2 aromatic heterocycles. The summed E-state index contributed by atoms with van der Waals surface area (Å²) in [6, 6.07) is 16.9. The first-order valence-corrected chi connectivity index (χ1v) is 8.45. The van der Waals surface area contributed by atoms with Gasteiger partial charge in [0, 0.05) is 47.2 Å². The predicted octanol–water partition coefficient (Wildman–Crippen LogP) is 3.16. The van der Waals surface area contributed by atoms with Gasteiger partial charge in [-0.3, -0.25) is 9.59 Å². The topological polar surface area (TPSA) is 68.9 Å². The fourth-order valence-electron chi connectivity index (χ4n) is 3.29. The van der Waals surface area contributed by atoms with E-state index in [1.165, 1.54) is 24.7 Å². The zero-order chi connectivity index (χ0) is 18.3. The summed E-state index contributed by atoms with van der Waals surface area (Å²) in [4.78, 5) is 23.9. The molecule has 4 rings (SSSR count). The molecule has 0 aliphatic heterocycles. The number of hydrogen-bond donors (Lipinski definition) is 1. The fraction of sp³-hybridized carbons (Fsp3) is 0.150. The summed E-state index contributed by atoms with van der Waals surface area (Å²) in [6.07, 6.45) is 0. The molecule has 26 heavy (non-hydrogen) atoms. The first kappa shape index (κ1) is 16.1. The molecule has 2 aromatic carbocycles. The Balaban J connectivity index is 1.75. The first-order chi connectivity index (χ1) is 12.6. The Morgan fingerprint density at radius 2 is 1.81 bits per heavy atom. The van der Waals surface area contributed by atoms with Gasteiger partial charge in [-0.05, 0) is 37.3 Å². The molecule has 0 aliphatic carbocycles. The zero-order valence-corrected chi connectivity index (χ0v) is 14.6. The summed E-state index contributed by atoms with van der Waals surface area (Å²) in [7, 11) is 1.52. The number of aryl methyl sites for hydroxylation is 2. The molecule has 0 saturated heterocycles. The minimum atomic E-state index is -0.348. The van der Waals surface area contributed by atoms with E-state index in [0.717, 1.165) is 27.5 Å². The molecule has 0 saturated carbocycles. The van der Waals surface area contributed by atoms with Crippen LogP contribution < -0.4 is 10.9 Å². The number of nitrogens with zero attached hydrogens (tertiary/aromatic N) is 3. The van der Waals surface area contributed by atoms with Gasteiger partial charge in [-0.15, -0.1) is 0 Å². The van der Waals surface area contributed by atoms with Crippen LogP contribution in [0.5, 0.6) is 0 Å². The molecule has 1 N–H and O–H groups in total. The average molecular weight is 346 g/mol. The van der Waals surface area contributed by atoms with Crippen molar-refractivity contribution in [2.45, 2.75) is 13.5 Å². The van der Waals surface area contributed by atoms with Crippen LogP contribution in [0.25, 0.3) is 21.8 Å². The maximum Gasteiger partial charge on any atom is 0.276 e. The van der Waals surface area contributed by atoms with Gasteiger partial charge in [0.25, 0.3) is 11.5 Å². The molecule has 4 aromatic rings. The van der Waals surface area contributed by atoms with E-state index in [-0.39, 0.29) is 17.2 Å². The summed E-state index contributed by atoms with van der Waals surface area (Å²) in [6.45, 7) is 2.99. The van der Waals surface area contributed by atoms with Crippen LogP contribution in [-0.2, 0) is 13.6 Å². The van der Waals surface area contributed by atoms with E-state index in [1.54, 1.807) is 0 Å². The second-order valence-corrected chi connectivity index (χ2v) is 6.13. The molecular weight excluding hydrogens is 328 g/mol. The van der Waals surface area contributed by atoms with Gasteiger partial charge < -0.3 is 9.88 Å². The maximum atomic E-state index is 12.4. The van der Waals surface area contributed by atoms with Crippen molar-refractivity contribution in [2.75, 3.05) is 5.32 Å². The van der Waals surface area contributed by atoms with Crippen LogP contribution in [0.15, 0.2) is 59.4 Å². The summed E-state index contributed by atoms with van der Waals surface area (Å²) >= 11 is 0. The Morgan fingerprint density at radius 3 is 2.58 bits per heavy atom. The summed E-state index contributed by atoms with van der Waals surface area (Å²) in [5.41, 5.74) is 2.94. The van der Waals surface area contributed by atoms with Crippen molar-refractivity contribution in [1.29, 1.82) is 0 Å². The summed E-state index contributed by atoms with van der Waals surface area (Å²) < 4.78 is 3.40. The molecular formula is C20H18N4O2. The van der Waals surface area contributed by atoms with Crippen molar-refractivity contribution in [2.24, 2.45) is 7.05 Å². The smallest absolute Gasteiger partial charge is 0.276 e. The summed E-state index contributed by atoms with van der Waals surface area (Å²) in [5.74, 6) is -0.348. The van der Waals surface area contributed by atoms with Crippen molar-refractivity contribution in [3.05, 3.63) is 70.6 Å². The monoisotopic (exact) mass is 346 g/mol. The van der Waals surface area contributed by atoms with Crippen LogP contribution in [0.3, 0.4) is 0 Å². The Kier molecular flexibility index (Phi) is 3.80. The number of anilines is 1. The van der Waals surface area contributed by atoms with Crippen LogP contribution >= 0.6 is 0 Å².